The van der Waals surface area contributed by atoms with Gasteiger partial charge in [-0.15, -0.1) is 0 Å². The summed E-state index contributed by atoms with van der Waals surface area (Å²) in [6.07, 6.45) is 1.63. The molecule has 1 amide bonds. The van der Waals surface area contributed by atoms with Crippen molar-refractivity contribution in [1.29, 1.82) is 0 Å². The highest BCUT2D eigenvalue weighted by atomic mass is 32.2. The summed E-state index contributed by atoms with van der Waals surface area (Å²) in [7, 11) is -2.32. The smallest absolute Gasteiger partial charge is 0.302 e. The van der Waals surface area contributed by atoms with Crippen LogP contribution in [0, 0.1) is 0 Å². The highest BCUT2D eigenvalue weighted by Crippen LogP contribution is 2.11. The van der Waals surface area contributed by atoms with E-state index in [9.17, 15) is 13.2 Å². The Morgan fingerprint density at radius 1 is 1.47 bits per heavy atom. The van der Waals surface area contributed by atoms with Crippen LogP contribution in [0.5, 0.6) is 0 Å². The van der Waals surface area contributed by atoms with Crippen molar-refractivity contribution >= 4 is 15.9 Å². The lowest BCUT2D eigenvalue weighted by Crippen LogP contribution is -2.31. The number of hydrogen-bond acceptors (Lipinski definition) is 4. The van der Waals surface area contributed by atoms with Crippen LogP contribution < -0.4 is 0 Å². The molecule has 1 aromatic rings. The molecular weight excluding hydrogens is 218 g/mol. The molecule has 0 saturated heterocycles. The second kappa shape index (κ2) is 4.06. The second-order valence-electron chi connectivity index (χ2n) is 3.16. The van der Waals surface area contributed by atoms with Gasteiger partial charge in [-0.05, 0) is 12.1 Å². The zero-order valence-corrected chi connectivity index (χ0v) is 9.67. The van der Waals surface area contributed by atoms with Crippen molar-refractivity contribution in [2.75, 3.05) is 13.3 Å². The number of furan rings is 1. The van der Waals surface area contributed by atoms with E-state index in [1.807, 2.05) is 6.92 Å². The summed E-state index contributed by atoms with van der Waals surface area (Å²) in [5, 5.41) is 0. The molecule has 84 valence electrons. The Labute approximate surface area is 88.7 Å². The molecular formula is C9H13NO4S. The van der Waals surface area contributed by atoms with Crippen LogP contribution in [0.2, 0.25) is 0 Å². The number of aryl methyl sites for hydroxylation is 1. The van der Waals surface area contributed by atoms with Gasteiger partial charge in [0, 0.05) is 13.5 Å². The molecule has 5 nitrogen and oxygen atoms in total. The van der Waals surface area contributed by atoms with Crippen LogP contribution in [0.25, 0.3) is 0 Å². The van der Waals surface area contributed by atoms with E-state index in [-0.39, 0.29) is 5.76 Å². The van der Waals surface area contributed by atoms with Gasteiger partial charge in [-0.1, -0.05) is 6.92 Å². The molecule has 6 heteroatoms. The summed E-state index contributed by atoms with van der Waals surface area (Å²) in [6, 6.07) is 3.13. The molecule has 0 spiro atoms. The van der Waals surface area contributed by atoms with Gasteiger partial charge < -0.3 is 4.42 Å². The number of hydrogen-bond donors (Lipinski definition) is 0. The number of nitrogens with zero attached hydrogens (tertiary/aromatic N) is 1. The lowest BCUT2D eigenvalue weighted by molar-refractivity contribution is 0.0852. The van der Waals surface area contributed by atoms with Gasteiger partial charge in [0.2, 0.25) is 10.0 Å². The van der Waals surface area contributed by atoms with E-state index in [4.69, 9.17) is 4.42 Å². The third kappa shape index (κ3) is 2.59. The highest BCUT2D eigenvalue weighted by Gasteiger charge is 2.22. The first-order chi connectivity index (χ1) is 6.86. The number of carbonyl (C=O) groups excluding carboxylic acids is 1. The molecule has 0 bridgehead atoms. The van der Waals surface area contributed by atoms with Crippen LogP contribution >= 0.6 is 0 Å². The van der Waals surface area contributed by atoms with Crippen LogP contribution in [0.4, 0.5) is 0 Å². The monoisotopic (exact) mass is 231 g/mol. The molecule has 1 aromatic heterocycles. The minimum atomic E-state index is -3.52. The van der Waals surface area contributed by atoms with E-state index < -0.39 is 15.9 Å². The van der Waals surface area contributed by atoms with E-state index in [1.54, 1.807) is 6.07 Å². The largest absolute Gasteiger partial charge is 0.456 e. The maximum atomic E-state index is 11.6. The average Bonchev–Trinajstić information content (AvgIpc) is 2.62. The van der Waals surface area contributed by atoms with Crippen molar-refractivity contribution in [3.8, 4) is 0 Å². The number of sulfonamides is 1. The molecule has 0 aromatic carbocycles. The molecule has 0 saturated carbocycles. The Bertz CT molecular complexity index is 460. The molecule has 0 radical (unpaired) electrons. The van der Waals surface area contributed by atoms with Gasteiger partial charge in [0.1, 0.15) is 5.76 Å². The van der Waals surface area contributed by atoms with E-state index in [1.165, 1.54) is 13.1 Å². The predicted octanol–water partition coefficient (Wildman–Crippen LogP) is 0.874. The van der Waals surface area contributed by atoms with Crippen molar-refractivity contribution in [3.05, 3.63) is 23.7 Å². The Kier molecular flexibility index (Phi) is 3.18. The summed E-state index contributed by atoms with van der Waals surface area (Å²) in [5.41, 5.74) is 0. The fourth-order valence-corrected chi connectivity index (χ4v) is 1.38. The average molecular weight is 231 g/mol. The van der Waals surface area contributed by atoms with Crippen LogP contribution in [-0.4, -0.2) is 31.9 Å². The van der Waals surface area contributed by atoms with Gasteiger partial charge in [0.25, 0.3) is 0 Å². The lowest BCUT2D eigenvalue weighted by Gasteiger charge is -2.12. The molecule has 0 atom stereocenters. The van der Waals surface area contributed by atoms with Crippen molar-refractivity contribution in [1.82, 2.24) is 4.31 Å². The SMILES string of the molecule is CCc1ccc(C(=O)N(C)S(C)(=O)=O)o1. The van der Waals surface area contributed by atoms with Gasteiger partial charge in [-0.2, -0.15) is 0 Å². The molecule has 1 rings (SSSR count). The third-order valence-electron chi connectivity index (χ3n) is 2.00. The van der Waals surface area contributed by atoms with E-state index in [0.717, 1.165) is 6.26 Å². The van der Waals surface area contributed by atoms with Crippen LogP contribution in [0.15, 0.2) is 16.5 Å². The van der Waals surface area contributed by atoms with Crippen molar-refractivity contribution in [3.63, 3.8) is 0 Å². The Morgan fingerprint density at radius 2 is 2.07 bits per heavy atom. The quantitative estimate of drug-likeness (QED) is 0.774. The van der Waals surface area contributed by atoms with Gasteiger partial charge in [-0.25, -0.2) is 12.7 Å². The summed E-state index contributed by atoms with van der Waals surface area (Å²) < 4.78 is 28.0. The number of rotatable bonds is 3. The van der Waals surface area contributed by atoms with Crippen molar-refractivity contribution in [2.24, 2.45) is 0 Å². The van der Waals surface area contributed by atoms with Gasteiger partial charge in [-0.3, -0.25) is 4.79 Å². The maximum Gasteiger partial charge on any atom is 0.302 e. The molecule has 0 aliphatic heterocycles. The fraction of sp³-hybridized carbons (Fsp3) is 0.444. The minimum Gasteiger partial charge on any atom is -0.456 e. The summed E-state index contributed by atoms with van der Waals surface area (Å²) in [5.74, 6) is 0.0391. The number of amides is 1. The van der Waals surface area contributed by atoms with Crippen LogP contribution in [0.3, 0.4) is 0 Å². The minimum absolute atomic E-state index is 0.0415. The predicted molar refractivity (Wildman–Crippen MR) is 55.0 cm³/mol. The van der Waals surface area contributed by atoms with E-state index in [0.29, 0.717) is 16.5 Å². The molecule has 15 heavy (non-hydrogen) atoms. The highest BCUT2D eigenvalue weighted by molar-refractivity contribution is 7.88. The summed E-state index contributed by atoms with van der Waals surface area (Å²) >= 11 is 0. The molecule has 0 N–H and O–H groups in total. The molecule has 0 unspecified atom stereocenters. The zero-order valence-electron chi connectivity index (χ0n) is 8.85. The Hall–Kier alpha value is -1.30. The van der Waals surface area contributed by atoms with Crippen LogP contribution in [-0.2, 0) is 16.4 Å². The van der Waals surface area contributed by atoms with Gasteiger partial charge in [0.05, 0.1) is 6.26 Å². The van der Waals surface area contributed by atoms with Crippen molar-refractivity contribution < 1.29 is 17.6 Å². The molecule has 0 fully saturated rings. The summed E-state index contributed by atoms with van der Waals surface area (Å²) in [6.45, 7) is 1.88. The Morgan fingerprint density at radius 3 is 2.47 bits per heavy atom. The standard InChI is InChI=1S/C9H13NO4S/c1-4-7-5-6-8(14-7)9(11)10(2)15(3,12)13/h5-6H,4H2,1-3H3. The first-order valence-corrected chi connectivity index (χ1v) is 6.28. The lowest BCUT2D eigenvalue weighted by atomic mass is 10.3. The summed E-state index contributed by atoms with van der Waals surface area (Å²) in [4.78, 5) is 11.6. The van der Waals surface area contributed by atoms with Crippen molar-refractivity contribution in [2.45, 2.75) is 13.3 Å². The first kappa shape index (κ1) is 11.8. The van der Waals surface area contributed by atoms with Gasteiger partial charge >= 0.3 is 5.91 Å². The maximum absolute atomic E-state index is 11.6. The number of carbonyl (C=O) groups is 1. The van der Waals surface area contributed by atoms with E-state index in [2.05, 4.69) is 0 Å². The third-order valence-corrected chi connectivity index (χ3v) is 3.17. The fourth-order valence-electron chi connectivity index (χ4n) is 0.989. The Balaban J connectivity index is 2.95. The first-order valence-electron chi connectivity index (χ1n) is 4.43. The van der Waals surface area contributed by atoms with E-state index >= 15 is 0 Å². The topological polar surface area (TPSA) is 67.6 Å². The molecule has 0 aliphatic rings. The second-order valence-corrected chi connectivity index (χ2v) is 5.17. The zero-order chi connectivity index (χ0) is 11.6. The normalized spacial score (nSPS) is 11.4. The molecule has 1 heterocycles. The molecule has 0 aliphatic carbocycles. The van der Waals surface area contributed by atoms with Gasteiger partial charge in [0.15, 0.2) is 5.76 Å². The van der Waals surface area contributed by atoms with Crippen LogP contribution in [0.1, 0.15) is 23.2 Å².